The molecule has 0 aliphatic rings. The van der Waals surface area contributed by atoms with Crippen LogP contribution in [0.1, 0.15) is 18.0 Å². The van der Waals surface area contributed by atoms with Crippen molar-refractivity contribution in [1.29, 1.82) is 0 Å². The maximum Gasteiger partial charge on any atom is 0.159 e. The van der Waals surface area contributed by atoms with Crippen LogP contribution in [0.3, 0.4) is 0 Å². The predicted octanol–water partition coefficient (Wildman–Crippen LogP) is 1.35. The molecule has 0 spiro atoms. The minimum absolute atomic E-state index is 0.0693. The number of hydrogen-bond donors (Lipinski definition) is 2. The molecule has 1 aromatic rings. The van der Waals surface area contributed by atoms with Crippen molar-refractivity contribution in [2.75, 3.05) is 6.61 Å². The van der Waals surface area contributed by atoms with Gasteiger partial charge in [0.1, 0.15) is 0 Å². The molecule has 2 nitrogen and oxygen atoms in total. The summed E-state index contributed by atoms with van der Waals surface area (Å²) in [4.78, 5) is 0. The topological polar surface area (TPSA) is 46.2 Å². The fourth-order valence-electron chi connectivity index (χ4n) is 1.05. The molecular weight excluding hydrogens is 176 g/mol. The van der Waals surface area contributed by atoms with Crippen LogP contribution in [0.2, 0.25) is 0 Å². The van der Waals surface area contributed by atoms with Gasteiger partial charge in [-0.3, -0.25) is 0 Å². The van der Waals surface area contributed by atoms with Gasteiger partial charge in [0, 0.05) is 12.6 Å². The van der Waals surface area contributed by atoms with E-state index in [1.54, 1.807) is 0 Å². The first-order valence-corrected chi connectivity index (χ1v) is 3.96. The molecule has 1 unspecified atom stereocenters. The molecule has 4 heteroatoms. The van der Waals surface area contributed by atoms with E-state index in [1.165, 1.54) is 6.07 Å². The third-order valence-electron chi connectivity index (χ3n) is 1.81. The number of halogens is 2. The van der Waals surface area contributed by atoms with Crippen molar-refractivity contribution in [3.63, 3.8) is 0 Å². The molecule has 1 rings (SSSR count). The summed E-state index contributed by atoms with van der Waals surface area (Å²) < 4.78 is 25.2. The van der Waals surface area contributed by atoms with Crippen LogP contribution in [-0.2, 0) is 0 Å². The first kappa shape index (κ1) is 10.1. The summed E-state index contributed by atoms with van der Waals surface area (Å²) in [5, 5.41) is 8.57. The van der Waals surface area contributed by atoms with E-state index in [2.05, 4.69) is 0 Å². The average molecular weight is 187 g/mol. The van der Waals surface area contributed by atoms with Crippen LogP contribution in [0.15, 0.2) is 18.2 Å². The zero-order valence-electron chi connectivity index (χ0n) is 7.00. The highest BCUT2D eigenvalue weighted by molar-refractivity contribution is 5.20. The third-order valence-corrected chi connectivity index (χ3v) is 1.81. The van der Waals surface area contributed by atoms with E-state index < -0.39 is 17.7 Å². The molecule has 0 saturated heterocycles. The summed E-state index contributed by atoms with van der Waals surface area (Å²) >= 11 is 0. The van der Waals surface area contributed by atoms with Crippen molar-refractivity contribution in [1.82, 2.24) is 0 Å². The quantitative estimate of drug-likeness (QED) is 0.750. The van der Waals surface area contributed by atoms with Gasteiger partial charge >= 0.3 is 0 Å². The van der Waals surface area contributed by atoms with Gasteiger partial charge in [-0.25, -0.2) is 8.78 Å². The Labute approximate surface area is 75.0 Å². The van der Waals surface area contributed by atoms with Crippen LogP contribution >= 0.6 is 0 Å². The number of benzene rings is 1. The summed E-state index contributed by atoms with van der Waals surface area (Å²) in [5.41, 5.74) is 6.07. The van der Waals surface area contributed by atoms with Crippen molar-refractivity contribution in [3.8, 4) is 0 Å². The molecule has 0 heterocycles. The second-order valence-corrected chi connectivity index (χ2v) is 2.79. The fourth-order valence-corrected chi connectivity index (χ4v) is 1.05. The maximum absolute atomic E-state index is 12.7. The van der Waals surface area contributed by atoms with E-state index >= 15 is 0 Å². The minimum atomic E-state index is -0.911. The molecule has 0 radical (unpaired) electrons. The Balaban J connectivity index is 2.84. The standard InChI is InChI=1S/C9H11F2NO/c10-7-2-1-6(5-8(7)11)9(12)3-4-13/h1-2,5,9,13H,3-4,12H2. The Kier molecular flexibility index (Phi) is 3.33. The van der Waals surface area contributed by atoms with E-state index in [9.17, 15) is 8.78 Å². The van der Waals surface area contributed by atoms with Crippen LogP contribution in [0.5, 0.6) is 0 Å². The Morgan fingerprint density at radius 2 is 2.00 bits per heavy atom. The van der Waals surface area contributed by atoms with Gasteiger partial charge in [-0.2, -0.15) is 0 Å². The van der Waals surface area contributed by atoms with Crippen LogP contribution in [0, 0.1) is 11.6 Å². The third kappa shape index (κ3) is 2.47. The van der Waals surface area contributed by atoms with E-state index in [0.717, 1.165) is 12.1 Å². The van der Waals surface area contributed by atoms with Crippen molar-refractivity contribution >= 4 is 0 Å². The van der Waals surface area contributed by atoms with Crippen LogP contribution < -0.4 is 5.73 Å². The molecule has 0 aromatic heterocycles. The molecular formula is C9H11F2NO. The first-order chi connectivity index (χ1) is 6.15. The molecule has 0 saturated carbocycles. The minimum Gasteiger partial charge on any atom is -0.396 e. The monoisotopic (exact) mass is 187 g/mol. The second-order valence-electron chi connectivity index (χ2n) is 2.79. The number of hydrogen-bond acceptors (Lipinski definition) is 2. The molecule has 1 aromatic carbocycles. The lowest BCUT2D eigenvalue weighted by Gasteiger charge is -2.09. The van der Waals surface area contributed by atoms with Crippen LogP contribution in [-0.4, -0.2) is 11.7 Å². The lowest BCUT2D eigenvalue weighted by Crippen LogP contribution is -2.12. The molecule has 72 valence electrons. The Morgan fingerprint density at radius 3 is 2.54 bits per heavy atom. The normalized spacial score (nSPS) is 12.9. The SMILES string of the molecule is NC(CCO)c1ccc(F)c(F)c1. The average Bonchev–Trinajstić information content (AvgIpc) is 2.10. The molecule has 1 atom stereocenters. The largest absolute Gasteiger partial charge is 0.396 e. The van der Waals surface area contributed by atoms with E-state index in [-0.39, 0.29) is 6.61 Å². The van der Waals surface area contributed by atoms with Gasteiger partial charge < -0.3 is 10.8 Å². The summed E-state index contributed by atoms with van der Waals surface area (Å²) in [6.45, 7) is -0.0693. The van der Waals surface area contributed by atoms with Gasteiger partial charge in [-0.05, 0) is 24.1 Å². The van der Waals surface area contributed by atoms with E-state index in [0.29, 0.717) is 12.0 Å². The van der Waals surface area contributed by atoms with Gasteiger partial charge in [-0.1, -0.05) is 6.07 Å². The number of nitrogens with two attached hydrogens (primary N) is 1. The Morgan fingerprint density at radius 1 is 1.31 bits per heavy atom. The number of aliphatic hydroxyl groups is 1. The Hall–Kier alpha value is -1.00. The van der Waals surface area contributed by atoms with Crippen molar-refractivity contribution in [2.45, 2.75) is 12.5 Å². The van der Waals surface area contributed by atoms with Crippen molar-refractivity contribution in [3.05, 3.63) is 35.4 Å². The van der Waals surface area contributed by atoms with E-state index in [4.69, 9.17) is 10.8 Å². The number of aliphatic hydroxyl groups excluding tert-OH is 1. The van der Waals surface area contributed by atoms with Crippen LogP contribution in [0.4, 0.5) is 8.78 Å². The summed E-state index contributed by atoms with van der Waals surface area (Å²) in [6.07, 6.45) is 0.338. The lowest BCUT2D eigenvalue weighted by atomic mass is 10.1. The van der Waals surface area contributed by atoms with Gasteiger partial charge in [0.25, 0.3) is 0 Å². The summed E-state index contributed by atoms with van der Waals surface area (Å²) in [6, 6.07) is 3.05. The van der Waals surface area contributed by atoms with E-state index in [1.807, 2.05) is 0 Å². The fraction of sp³-hybridized carbons (Fsp3) is 0.333. The first-order valence-electron chi connectivity index (χ1n) is 3.96. The smallest absolute Gasteiger partial charge is 0.159 e. The number of rotatable bonds is 3. The zero-order valence-corrected chi connectivity index (χ0v) is 7.00. The molecule has 0 bridgehead atoms. The lowest BCUT2D eigenvalue weighted by molar-refractivity contribution is 0.276. The molecule has 0 aliphatic heterocycles. The van der Waals surface area contributed by atoms with Crippen molar-refractivity contribution < 1.29 is 13.9 Å². The second kappa shape index (κ2) is 4.30. The molecule has 13 heavy (non-hydrogen) atoms. The predicted molar refractivity (Wildman–Crippen MR) is 45.0 cm³/mol. The Bertz CT molecular complexity index is 291. The van der Waals surface area contributed by atoms with Crippen molar-refractivity contribution in [2.24, 2.45) is 5.73 Å². The molecule has 0 amide bonds. The van der Waals surface area contributed by atoms with Gasteiger partial charge in [0.15, 0.2) is 11.6 Å². The summed E-state index contributed by atoms with van der Waals surface area (Å²) in [5.74, 6) is -1.80. The maximum atomic E-state index is 12.7. The summed E-state index contributed by atoms with van der Waals surface area (Å²) in [7, 11) is 0. The highest BCUT2D eigenvalue weighted by Crippen LogP contribution is 2.16. The highest BCUT2D eigenvalue weighted by atomic mass is 19.2. The molecule has 0 fully saturated rings. The van der Waals surface area contributed by atoms with Gasteiger partial charge in [0.05, 0.1) is 0 Å². The highest BCUT2D eigenvalue weighted by Gasteiger charge is 2.08. The molecule has 0 aliphatic carbocycles. The van der Waals surface area contributed by atoms with Crippen LogP contribution in [0.25, 0.3) is 0 Å². The van der Waals surface area contributed by atoms with Gasteiger partial charge in [-0.15, -0.1) is 0 Å². The zero-order chi connectivity index (χ0) is 9.84. The van der Waals surface area contributed by atoms with Gasteiger partial charge in [0.2, 0.25) is 0 Å². The molecule has 3 N–H and O–H groups in total.